The zero-order valence-electron chi connectivity index (χ0n) is 13.3. The maximum absolute atomic E-state index is 5.81. The molecule has 4 heteroatoms. The molecule has 0 atom stereocenters. The molecule has 0 spiro atoms. The van der Waals surface area contributed by atoms with Gasteiger partial charge in [-0.05, 0) is 18.1 Å². The van der Waals surface area contributed by atoms with E-state index in [0.29, 0.717) is 12.5 Å². The molecule has 0 unspecified atom stereocenters. The van der Waals surface area contributed by atoms with Crippen LogP contribution in [0.15, 0.2) is 30.3 Å². The number of nitrogens with zero attached hydrogens (tertiary/aromatic N) is 3. The molecule has 0 saturated carbocycles. The van der Waals surface area contributed by atoms with Crippen LogP contribution in [0.3, 0.4) is 0 Å². The third-order valence-electron chi connectivity index (χ3n) is 3.51. The number of benzene rings is 1. The minimum atomic E-state index is 0.327. The van der Waals surface area contributed by atoms with Crippen LogP contribution in [0.25, 0.3) is 0 Å². The van der Waals surface area contributed by atoms with Gasteiger partial charge in [-0.25, -0.2) is 9.97 Å². The Bertz CT molecular complexity index is 607. The van der Waals surface area contributed by atoms with Gasteiger partial charge in [0.15, 0.2) is 0 Å². The Hall–Kier alpha value is -1.94. The Balaban J connectivity index is 2.26. The minimum Gasteiger partial charge on any atom is -0.355 e. The van der Waals surface area contributed by atoms with Crippen LogP contribution >= 0.6 is 0 Å². The van der Waals surface area contributed by atoms with Crippen molar-refractivity contribution >= 4 is 5.82 Å². The molecule has 21 heavy (non-hydrogen) atoms. The summed E-state index contributed by atoms with van der Waals surface area (Å²) >= 11 is 0. The fourth-order valence-electron chi connectivity index (χ4n) is 2.28. The van der Waals surface area contributed by atoms with Gasteiger partial charge in [0.05, 0.1) is 0 Å². The number of aryl methyl sites for hydroxylation is 1. The molecule has 0 amide bonds. The van der Waals surface area contributed by atoms with Gasteiger partial charge in [-0.2, -0.15) is 0 Å². The largest absolute Gasteiger partial charge is 0.355 e. The lowest BCUT2D eigenvalue weighted by Gasteiger charge is -2.21. The summed E-state index contributed by atoms with van der Waals surface area (Å²) in [5, 5.41) is 0. The van der Waals surface area contributed by atoms with Crippen LogP contribution in [0.4, 0.5) is 5.82 Å². The minimum absolute atomic E-state index is 0.327. The van der Waals surface area contributed by atoms with Crippen molar-refractivity contribution in [2.45, 2.75) is 39.8 Å². The van der Waals surface area contributed by atoms with Crippen molar-refractivity contribution in [2.24, 2.45) is 5.73 Å². The Kier molecular flexibility index (Phi) is 4.91. The monoisotopic (exact) mass is 284 g/mol. The molecule has 1 aromatic carbocycles. The molecule has 0 aliphatic carbocycles. The van der Waals surface area contributed by atoms with Crippen molar-refractivity contribution in [3.8, 4) is 0 Å². The second kappa shape index (κ2) is 6.68. The quantitative estimate of drug-likeness (QED) is 0.917. The summed E-state index contributed by atoms with van der Waals surface area (Å²) in [6.07, 6.45) is 0. The Morgan fingerprint density at radius 2 is 1.81 bits per heavy atom. The number of anilines is 1. The fourth-order valence-corrected chi connectivity index (χ4v) is 2.28. The molecule has 1 heterocycles. The zero-order chi connectivity index (χ0) is 15.4. The Morgan fingerprint density at radius 1 is 1.14 bits per heavy atom. The van der Waals surface area contributed by atoms with Gasteiger partial charge in [-0.15, -0.1) is 0 Å². The lowest BCUT2D eigenvalue weighted by atomic mass is 10.1. The Labute approximate surface area is 127 Å². The first kappa shape index (κ1) is 15.4. The summed E-state index contributed by atoms with van der Waals surface area (Å²) in [6.45, 7) is 7.59. The third-order valence-corrected chi connectivity index (χ3v) is 3.51. The van der Waals surface area contributed by atoms with E-state index < -0.39 is 0 Å². The SMILES string of the molecule is Cc1cc(N(C)Cc2ccccc2CN)nc(C(C)C)n1. The van der Waals surface area contributed by atoms with E-state index in [1.807, 2.05) is 25.1 Å². The first-order valence-electron chi connectivity index (χ1n) is 7.34. The average Bonchev–Trinajstić information content (AvgIpc) is 2.47. The number of hydrogen-bond acceptors (Lipinski definition) is 4. The van der Waals surface area contributed by atoms with Crippen molar-refractivity contribution in [2.75, 3.05) is 11.9 Å². The molecule has 0 bridgehead atoms. The topological polar surface area (TPSA) is 55.0 Å². The van der Waals surface area contributed by atoms with Crippen LogP contribution < -0.4 is 10.6 Å². The molecule has 0 fully saturated rings. The maximum atomic E-state index is 5.81. The predicted molar refractivity (Wildman–Crippen MR) is 87.3 cm³/mol. The van der Waals surface area contributed by atoms with E-state index in [0.717, 1.165) is 23.9 Å². The van der Waals surface area contributed by atoms with Crippen molar-refractivity contribution in [3.05, 3.63) is 53.0 Å². The van der Waals surface area contributed by atoms with E-state index in [9.17, 15) is 0 Å². The smallest absolute Gasteiger partial charge is 0.133 e. The van der Waals surface area contributed by atoms with E-state index >= 15 is 0 Å². The second-order valence-corrected chi connectivity index (χ2v) is 5.71. The highest BCUT2D eigenvalue weighted by Gasteiger charge is 2.11. The second-order valence-electron chi connectivity index (χ2n) is 5.71. The van der Waals surface area contributed by atoms with Crippen LogP contribution in [0, 0.1) is 6.92 Å². The maximum Gasteiger partial charge on any atom is 0.133 e. The normalized spacial score (nSPS) is 11.0. The summed E-state index contributed by atoms with van der Waals surface area (Å²) in [6, 6.07) is 10.3. The number of aromatic nitrogens is 2. The molecule has 2 rings (SSSR count). The molecule has 112 valence electrons. The van der Waals surface area contributed by atoms with Gasteiger partial charge in [-0.3, -0.25) is 0 Å². The fraction of sp³-hybridized carbons (Fsp3) is 0.412. The summed E-state index contributed by atoms with van der Waals surface area (Å²) in [7, 11) is 2.05. The highest BCUT2D eigenvalue weighted by atomic mass is 15.2. The van der Waals surface area contributed by atoms with E-state index in [-0.39, 0.29) is 0 Å². The van der Waals surface area contributed by atoms with Crippen LogP contribution in [0.1, 0.15) is 42.4 Å². The average molecular weight is 284 g/mol. The lowest BCUT2D eigenvalue weighted by Crippen LogP contribution is -2.20. The van der Waals surface area contributed by atoms with Crippen LogP contribution in [-0.4, -0.2) is 17.0 Å². The molecule has 2 N–H and O–H groups in total. The number of rotatable bonds is 5. The number of hydrogen-bond donors (Lipinski definition) is 1. The van der Waals surface area contributed by atoms with Crippen LogP contribution in [0.2, 0.25) is 0 Å². The van der Waals surface area contributed by atoms with Gasteiger partial charge >= 0.3 is 0 Å². The van der Waals surface area contributed by atoms with Crippen molar-refractivity contribution in [3.63, 3.8) is 0 Å². The molecule has 0 saturated heterocycles. The highest BCUT2D eigenvalue weighted by Crippen LogP contribution is 2.19. The molecule has 0 radical (unpaired) electrons. The molecule has 0 aliphatic rings. The van der Waals surface area contributed by atoms with E-state index in [4.69, 9.17) is 5.73 Å². The standard InChI is InChI=1S/C17H24N4/c1-12(2)17-19-13(3)9-16(20-17)21(4)11-15-8-6-5-7-14(15)10-18/h5-9,12H,10-11,18H2,1-4H3. The molecule has 2 aromatic rings. The molecule has 0 aliphatic heterocycles. The molecule has 1 aromatic heterocycles. The van der Waals surface area contributed by atoms with Crippen LogP contribution in [-0.2, 0) is 13.1 Å². The first-order valence-corrected chi connectivity index (χ1v) is 7.34. The summed E-state index contributed by atoms with van der Waals surface area (Å²) in [5.74, 6) is 2.18. The van der Waals surface area contributed by atoms with E-state index in [2.05, 4.69) is 47.9 Å². The van der Waals surface area contributed by atoms with Crippen molar-refractivity contribution in [1.29, 1.82) is 0 Å². The van der Waals surface area contributed by atoms with Gasteiger partial charge in [0.25, 0.3) is 0 Å². The van der Waals surface area contributed by atoms with Crippen molar-refractivity contribution in [1.82, 2.24) is 9.97 Å². The van der Waals surface area contributed by atoms with Gasteiger partial charge in [0.2, 0.25) is 0 Å². The number of nitrogens with two attached hydrogens (primary N) is 1. The first-order chi connectivity index (χ1) is 10.0. The molecular weight excluding hydrogens is 260 g/mol. The lowest BCUT2D eigenvalue weighted by molar-refractivity contribution is 0.753. The van der Waals surface area contributed by atoms with Crippen molar-refractivity contribution < 1.29 is 0 Å². The van der Waals surface area contributed by atoms with E-state index in [1.165, 1.54) is 11.1 Å². The Morgan fingerprint density at radius 3 is 2.43 bits per heavy atom. The molecular formula is C17H24N4. The summed E-state index contributed by atoms with van der Waals surface area (Å²) in [5.41, 5.74) is 9.23. The van der Waals surface area contributed by atoms with Gasteiger partial charge in [0.1, 0.15) is 11.6 Å². The molecule has 4 nitrogen and oxygen atoms in total. The van der Waals surface area contributed by atoms with E-state index in [1.54, 1.807) is 0 Å². The summed E-state index contributed by atoms with van der Waals surface area (Å²) in [4.78, 5) is 11.3. The van der Waals surface area contributed by atoms with Gasteiger partial charge in [0, 0.05) is 37.8 Å². The highest BCUT2D eigenvalue weighted by molar-refractivity contribution is 5.41. The van der Waals surface area contributed by atoms with Gasteiger partial charge < -0.3 is 10.6 Å². The van der Waals surface area contributed by atoms with Gasteiger partial charge in [-0.1, -0.05) is 38.1 Å². The predicted octanol–water partition coefficient (Wildman–Crippen LogP) is 3.00. The third kappa shape index (κ3) is 3.79. The van der Waals surface area contributed by atoms with Crippen LogP contribution in [0.5, 0.6) is 0 Å². The summed E-state index contributed by atoms with van der Waals surface area (Å²) < 4.78 is 0. The zero-order valence-corrected chi connectivity index (χ0v) is 13.3.